The Kier molecular flexibility index (Phi) is 2.26. The molecular formula is C9H18O2. The topological polar surface area (TPSA) is 40.5 Å². The average Bonchev–Trinajstić information content (AvgIpc) is 1.83. The Hall–Kier alpha value is -0.0800. The van der Waals surface area contributed by atoms with Crippen LogP contribution >= 0.6 is 0 Å². The van der Waals surface area contributed by atoms with Crippen LogP contribution in [-0.2, 0) is 0 Å². The molecule has 0 aromatic heterocycles. The minimum Gasteiger partial charge on any atom is -0.390 e. The van der Waals surface area contributed by atoms with Crippen LogP contribution in [-0.4, -0.2) is 22.4 Å². The molecule has 11 heavy (non-hydrogen) atoms. The summed E-state index contributed by atoms with van der Waals surface area (Å²) in [5.74, 6) is 0.501. The molecule has 2 N–H and O–H groups in total. The molecule has 1 aliphatic carbocycles. The second-order valence-corrected chi connectivity index (χ2v) is 4.46. The molecule has 1 aliphatic rings. The van der Waals surface area contributed by atoms with Crippen LogP contribution in [0.5, 0.6) is 0 Å². The van der Waals surface area contributed by atoms with Crippen LogP contribution in [0.2, 0.25) is 0 Å². The summed E-state index contributed by atoms with van der Waals surface area (Å²) in [6, 6.07) is 0. The van der Waals surface area contributed by atoms with E-state index in [0.29, 0.717) is 5.92 Å². The minimum atomic E-state index is -0.513. The van der Waals surface area contributed by atoms with Crippen LogP contribution in [0, 0.1) is 11.3 Å². The van der Waals surface area contributed by atoms with Crippen molar-refractivity contribution in [2.24, 2.45) is 11.3 Å². The van der Waals surface area contributed by atoms with Gasteiger partial charge < -0.3 is 10.2 Å². The third-order valence-corrected chi connectivity index (χ3v) is 3.11. The second kappa shape index (κ2) is 2.76. The molecule has 0 saturated heterocycles. The van der Waals surface area contributed by atoms with Crippen molar-refractivity contribution in [1.29, 1.82) is 0 Å². The molecule has 66 valence electrons. The monoisotopic (exact) mass is 158 g/mol. The molecule has 0 heterocycles. The van der Waals surface area contributed by atoms with Crippen LogP contribution in [0.25, 0.3) is 0 Å². The largest absolute Gasteiger partial charge is 0.390 e. The van der Waals surface area contributed by atoms with Crippen molar-refractivity contribution in [3.8, 4) is 0 Å². The molecule has 0 radical (unpaired) electrons. The van der Waals surface area contributed by atoms with Gasteiger partial charge in [0.05, 0.1) is 12.2 Å². The lowest BCUT2D eigenvalue weighted by atomic mass is 9.68. The first-order valence-corrected chi connectivity index (χ1v) is 4.29. The lowest BCUT2D eigenvalue weighted by molar-refractivity contribution is -0.0687. The fraction of sp³-hybridized carbons (Fsp3) is 1.00. The van der Waals surface area contributed by atoms with E-state index in [0.717, 1.165) is 12.8 Å². The average molecular weight is 158 g/mol. The Morgan fingerprint density at radius 1 is 1.18 bits per heavy atom. The number of hydrogen-bond donors (Lipinski definition) is 2. The van der Waals surface area contributed by atoms with Gasteiger partial charge in [0, 0.05) is 0 Å². The molecule has 1 saturated carbocycles. The third-order valence-electron chi connectivity index (χ3n) is 3.11. The van der Waals surface area contributed by atoms with E-state index in [2.05, 4.69) is 20.8 Å². The molecule has 3 atom stereocenters. The Morgan fingerprint density at radius 3 is 2.18 bits per heavy atom. The van der Waals surface area contributed by atoms with Crippen molar-refractivity contribution >= 4 is 0 Å². The van der Waals surface area contributed by atoms with Crippen LogP contribution in [0.3, 0.4) is 0 Å². The van der Waals surface area contributed by atoms with E-state index in [9.17, 15) is 10.2 Å². The SMILES string of the molecule is C[C@H]1CC(O)C(O)CC1(C)C. The van der Waals surface area contributed by atoms with Crippen molar-refractivity contribution < 1.29 is 10.2 Å². The normalized spacial score (nSPS) is 43.9. The van der Waals surface area contributed by atoms with Crippen LogP contribution in [0.15, 0.2) is 0 Å². The molecule has 0 aromatic rings. The van der Waals surface area contributed by atoms with E-state index in [1.54, 1.807) is 0 Å². The summed E-state index contributed by atoms with van der Waals surface area (Å²) in [4.78, 5) is 0. The van der Waals surface area contributed by atoms with E-state index in [-0.39, 0.29) is 5.41 Å². The zero-order valence-corrected chi connectivity index (χ0v) is 7.54. The highest BCUT2D eigenvalue weighted by atomic mass is 16.3. The quantitative estimate of drug-likeness (QED) is 0.555. The summed E-state index contributed by atoms with van der Waals surface area (Å²) in [6.07, 6.45) is 0.433. The molecule has 1 fully saturated rings. The van der Waals surface area contributed by atoms with E-state index in [4.69, 9.17) is 0 Å². The van der Waals surface area contributed by atoms with E-state index < -0.39 is 12.2 Å². The summed E-state index contributed by atoms with van der Waals surface area (Å²) in [5.41, 5.74) is 0.179. The summed E-state index contributed by atoms with van der Waals surface area (Å²) in [6.45, 7) is 6.43. The first kappa shape index (κ1) is 9.01. The van der Waals surface area contributed by atoms with Gasteiger partial charge in [-0.15, -0.1) is 0 Å². The van der Waals surface area contributed by atoms with Gasteiger partial charge in [0.15, 0.2) is 0 Å². The molecule has 0 aliphatic heterocycles. The highest BCUT2D eigenvalue weighted by molar-refractivity contribution is 4.88. The van der Waals surface area contributed by atoms with Gasteiger partial charge in [-0.3, -0.25) is 0 Å². The predicted octanol–water partition coefficient (Wildman–Crippen LogP) is 1.16. The number of rotatable bonds is 0. The van der Waals surface area contributed by atoms with Crippen LogP contribution < -0.4 is 0 Å². The first-order valence-electron chi connectivity index (χ1n) is 4.29. The highest BCUT2D eigenvalue weighted by Crippen LogP contribution is 2.40. The summed E-state index contributed by atoms with van der Waals surface area (Å²) in [5, 5.41) is 18.7. The Labute approximate surface area is 68.2 Å². The zero-order valence-electron chi connectivity index (χ0n) is 7.54. The molecule has 2 unspecified atom stereocenters. The van der Waals surface area contributed by atoms with Gasteiger partial charge in [-0.2, -0.15) is 0 Å². The third kappa shape index (κ3) is 1.74. The standard InChI is InChI=1S/C9H18O2/c1-6-4-7(10)8(11)5-9(6,2)3/h6-8,10-11H,4-5H2,1-3H3/t6-,7?,8?/m0/s1. The molecule has 2 nitrogen and oxygen atoms in total. The minimum absolute atomic E-state index is 0.179. The van der Waals surface area contributed by atoms with E-state index >= 15 is 0 Å². The first-order chi connectivity index (χ1) is 4.93. The van der Waals surface area contributed by atoms with Crippen LogP contribution in [0.4, 0.5) is 0 Å². The Bertz CT molecular complexity index is 142. The van der Waals surface area contributed by atoms with E-state index in [1.807, 2.05) is 0 Å². The molecule has 0 aromatic carbocycles. The van der Waals surface area contributed by atoms with Gasteiger partial charge in [-0.25, -0.2) is 0 Å². The second-order valence-electron chi connectivity index (χ2n) is 4.46. The molecule has 1 rings (SSSR count). The Balaban J connectivity index is 2.63. The smallest absolute Gasteiger partial charge is 0.0804 e. The maximum atomic E-state index is 9.38. The van der Waals surface area contributed by atoms with E-state index in [1.165, 1.54) is 0 Å². The van der Waals surface area contributed by atoms with Gasteiger partial charge in [0.25, 0.3) is 0 Å². The van der Waals surface area contributed by atoms with Crippen molar-refractivity contribution in [2.45, 2.75) is 45.8 Å². The summed E-state index contributed by atoms with van der Waals surface area (Å²) in [7, 11) is 0. The molecule has 0 bridgehead atoms. The fourth-order valence-corrected chi connectivity index (χ4v) is 1.71. The lowest BCUT2D eigenvalue weighted by Crippen LogP contribution is -2.42. The number of aliphatic hydroxyl groups excluding tert-OH is 2. The van der Waals surface area contributed by atoms with Gasteiger partial charge >= 0.3 is 0 Å². The Morgan fingerprint density at radius 2 is 1.73 bits per heavy atom. The van der Waals surface area contributed by atoms with Crippen molar-refractivity contribution in [1.82, 2.24) is 0 Å². The molecule has 0 amide bonds. The van der Waals surface area contributed by atoms with Gasteiger partial charge in [0.2, 0.25) is 0 Å². The lowest BCUT2D eigenvalue weighted by Gasteiger charge is -2.41. The van der Waals surface area contributed by atoms with Crippen LogP contribution in [0.1, 0.15) is 33.6 Å². The van der Waals surface area contributed by atoms with Gasteiger partial charge in [-0.05, 0) is 24.2 Å². The predicted molar refractivity (Wildman–Crippen MR) is 44.2 cm³/mol. The highest BCUT2D eigenvalue weighted by Gasteiger charge is 2.37. The zero-order chi connectivity index (χ0) is 8.65. The van der Waals surface area contributed by atoms with Gasteiger partial charge in [0.1, 0.15) is 0 Å². The fourth-order valence-electron chi connectivity index (χ4n) is 1.71. The van der Waals surface area contributed by atoms with Crippen molar-refractivity contribution in [3.05, 3.63) is 0 Å². The maximum absolute atomic E-state index is 9.38. The molecular weight excluding hydrogens is 140 g/mol. The summed E-state index contributed by atoms with van der Waals surface area (Å²) >= 11 is 0. The summed E-state index contributed by atoms with van der Waals surface area (Å²) < 4.78 is 0. The molecule has 2 heteroatoms. The van der Waals surface area contributed by atoms with Crippen molar-refractivity contribution in [3.63, 3.8) is 0 Å². The number of hydrogen-bond acceptors (Lipinski definition) is 2. The van der Waals surface area contributed by atoms with Crippen molar-refractivity contribution in [2.75, 3.05) is 0 Å². The molecule has 0 spiro atoms. The van der Waals surface area contributed by atoms with Gasteiger partial charge in [-0.1, -0.05) is 20.8 Å². The maximum Gasteiger partial charge on any atom is 0.0804 e. The number of aliphatic hydroxyl groups is 2.